The van der Waals surface area contributed by atoms with E-state index in [1.807, 2.05) is 0 Å². The fraction of sp³-hybridized carbons (Fsp3) is 0.500. The second-order valence-electron chi connectivity index (χ2n) is 9.92. The number of phosphoric ester groups is 1. The van der Waals surface area contributed by atoms with Crippen LogP contribution < -0.4 is 11.3 Å². The standard InChI is InChI=1S/C20H23N9O13P2/c21-14-8-15(23-2-22-14)28(4-26-8)18-11(31)13-20(40-18)37-6-43(33,34)41-12-10(30)7(1-38-44(35,36)42-13)39-19(12)29-5-27-9-16(29)24-3-25-17(9)32/h2-5,7,10-13,18-20,30-31H,1,6H2,(H,33,34)(H,35,36)(H2,21,22,23)(H,24,25,32)/t7-,10?,11+,12+,13?,18-,19-,20+/m1/s1. The van der Waals surface area contributed by atoms with E-state index in [0.717, 1.165) is 19.0 Å². The van der Waals surface area contributed by atoms with E-state index in [2.05, 4.69) is 29.9 Å². The van der Waals surface area contributed by atoms with E-state index in [9.17, 15) is 33.9 Å². The molecule has 0 aliphatic carbocycles. The third kappa shape index (κ3) is 5.04. The number of phosphoric acid groups is 1. The second kappa shape index (κ2) is 10.7. The molecule has 7 N–H and O–H groups in total. The highest BCUT2D eigenvalue weighted by Gasteiger charge is 2.54. The predicted octanol–water partition coefficient (Wildman–Crippen LogP) is -1.92. The molecule has 24 heteroatoms. The number of nitrogens with one attached hydrogen (secondary N) is 1. The number of aliphatic hydroxyl groups is 2. The molecule has 0 amide bonds. The zero-order chi connectivity index (χ0) is 31.0. The van der Waals surface area contributed by atoms with Crippen LogP contribution in [0.2, 0.25) is 0 Å². The maximum atomic E-state index is 13.2. The highest BCUT2D eigenvalue weighted by Crippen LogP contribution is 2.53. The van der Waals surface area contributed by atoms with Crippen molar-refractivity contribution in [2.75, 3.05) is 18.7 Å². The molecule has 0 aromatic carbocycles. The van der Waals surface area contributed by atoms with Gasteiger partial charge in [0, 0.05) is 0 Å². The Morgan fingerprint density at radius 3 is 2.43 bits per heavy atom. The van der Waals surface area contributed by atoms with Gasteiger partial charge in [-0.15, -0.1) is 0 Å². The van der Waals surface area contributed by atoms with Gasteiger partial charge in [0.15, 0.2) is 53.8 Å². The molecule has 22 nitrogen and oxygen atoms in total. The van der Waals surface area contributed by atoms with Gasteiger partial charge in [-0.25, -0.2) is 29.5 Å². The van der Waals surface area contributed by atoms with Gasteiger partial charge in [-0.3, -0.25) is 32.1 Å². The minimum absolute atomic E-state index is 0.0105. The smallest absolute Gasteiger partial charge is 0.387 e. The number of anilines is 1. The van der Waals surface area contributed by atoms with Gasteiger partial charge in [0.25, 0.3) is 5.56 Å². The van der Waals surface area contributed by atoms with Crippen LogP contribution in [0.5, 0.6) is 0 Å². The number of rotatable bonds is 2. The Morgan fingerprint density at radius 2 is 1.64 bits per heavy atom. The van der Waals surface area contributed by atoms with Gasteiger partial charge in [0.1, 0.15) is 36.3 Å². The van der Waals surface area contributed by atoms with Gasteiger partial charge in [-0.05, 0) is 0 Å². The topological polar surface area (TPSA) is 304 Å². The number of hydrogen-bond donors (Lipinski definition) is 6. The highest BCUT2D eigenvalue weighted by molar-refractivity contribution is 7.52. The van der Waals surface area contributed by atoms with E-state index in [4.69, 9.17) is 33.5 Å². The zero-order valence-electron chi connectivity index (χ0n) is 21.9. The third-order valence-electron chi connectivity index (χ3n) is 7.13. The van der Waals surface area contributed by atoms with Gasteiger partial charge >= 0.3 is 15.4 Å². The Labute approximate surface area is 243 Å². The van der Waals surface area contributed by atoms with Crippen molar-refractivity contribution in [2.24, 2.45) is 0 Å². The van der Waals surface area contributed by atoms with Crippen molar-refractivity contribution in [3.05, 3.63) is 35.7 Å². The summed E-state index contributed by atoms with van der Waals surface area (Å²) < 4.78 is 61.4. The summed E-state index contributed by atoms with van der Waals surface area (Å²) in [5.41, 5.74) is 5.43. The van der Waals surface area contributed by atoms with Crippen LogP contribution in [0.25, 0.3) is 22.3 Å². The zero-order valence-corrected chi connectivity index (χ0v) is 23.7. The van der Waals surface area contributed by atoms with Crippen LogP contribution in [-0.2, 0) is 36.9 Å². The van der Waals surface area contributed by atoms with E-state index in [0.29, 0.717) is 0 Å². The van der Waals surface area contributed by atoms with E-state index in [1.54, 1.807) is 0 Å². The summed E-state index contributed by atoms with van der Waals surface area (Å²) in [5, 5.41) is 22.1. The van der Waals surface area contributed by atoms with Gasteiger partial charge in [-0.1, -0.05) is 0 Å². The van der Waals surface area contributed by atoms with Crippen molar-refractivity contribution in [3.63, 3.8) is 0 Å². The molecular weight excluding hydrogens is 636 g/mol. The fourth-order valence-electron chi connectivity index (χ4n) is 5.13. The van der Waals surface area contributed by atoms with Crippen LogP contribution in [0.3, 0.4) is 0 Å². The molecule has 3 aliphatic heterocycles. The number of nitrogens with zero attached hydrogens (tertiary/aromatic N) is 7. The van der Waals surface area contributed by atoms with Gasteiger partial charge < -0.3 is 44.9 Å². The monoisotopic (exact) mass is 659 g/mol. The van der Waals surface area contributed by atoms with Crippen molar-refractivity contribution in [3.8, 4) is 0 Å². The summed E-state index contributed by atoms with van der Waals surface area (Å²) in [4.78, 5) is 55.8. The van der Waals surface area contributed by atoms with Gasteiger partial charge in [0.05, 0.1) is 25.6 Å². The van der Waals surface area contributed by atoms with Crippen LogP contribution in [0.4, 0.5) is 5.82 Å². The molecule has 0 saturated carbocycles. The molecule has 236 valence electrons. The quantitative estimate of drug-likeness (QED) is 0.128. The molecule has 4 aromatic heterocycles. The Kier molecular flexibility index (Phi) is 7.16. The van der Waals surface area contributed by atoms with Crippen LogP contribution in [0, 0.1) is 0 Å². The lowest BCUT2D eigenvalue weighted by atomic mass is 10.1. The number of hydrogen-bond acceptors (Lipinski definition) is 17. The molecule has 4 unspecified atom stereocenters. The predicted molar refractivity (Wildman–Crippen MR) is 139 cm³/mol. The number of ether oxygens (including phenoxy) is 3. The molecule has 3 aliphatic rings. The number of nitrogens with two attached hydrogens (primary N) is 1. The molecule has 10 atom stereocenters. The molecule has 7 rings (SSSR count). The lowest BCUT2D eigenvalue weighted by Gasteiger charge is -2.26. The normalized spacial score (nSPS) is 38.3. The SMILES string of the molecule is Nc1ncnc2c1ncn2[C@@H]1O[C@@H]2OCP(=O)(O)O[C@H]3C(O)[C@@H](COP(=O)(O)OC2[C@@H]1O)O[C@H]3n1cnc2c(=O)[nH]cnc21. The Balaban J connectivity index is 1.20. The molecular formula is C20H23N9O13P2. The second-order valence-corrected chi connectivity index (χ2v) is 13.1. The summed E-state index contributed by atoms with van der Waals surface area (Å²) in [6, 6.07) is 0. The lowest BCUT2D eigenvalue weighted by molar-refractivity contribution is -0.167. The van der Waals surface area contributed by atoms with E-state index in [-0.39, 0.29) is 28.1 Å². The number of H-pyrrole nitrogens is 1. The Bertz CT molecular complexity index is 1880. The first kappa shape index (κ1) is 29.5. The van der Waals surface area contributed by atoms with Crippen LogP contribution in [0.1, 0.15) is 12.5 Å². The van der Waals surface area contributed by atoms with Crippen LogP contribution in [-0.4, -0.2) is 109 Å². The maximum Gasteiger partial charge on any atom is 0.472 e. The average Bonchev–Trinajstić information content (AvgIpc) is 3.73. The first-order valence-electron chi connectivity index (χ1n) is 12.7. The molecule has 3 fully saturated rings. The van der Waals surface area contributed by atoms with Crippen molar-refractivity contribution >= 4 is 43.6 Å². The largest absolute Gasteiger partial charge is 0.472 e. The lowest BCUT2D eigenvalue weighted by Crippen LogP contribution is -2.35. The Hall–Kier alpha value is -3.24. The summed E-state index contributed by atoms with van der Waals surface area (Å²) in [7, 11) is -9.87. The van der Waals surface area contributed by atoms with Crippen molar-refractivity contribution < 1.29 is 56.9 Å². The van der Waals surface area contributed by atoms with Crippen LogP contribution >= 0.6 is 15.4 Å². The molecule has 0 spiro atoms. The summed E-state index contributed by atoms with van der Waals surface area (Å²) in [5.74, 6) is 0.0338. The number of aromatic amines is 1. The maximum absolute atomic E-state index is 13.2. The fourth-order valence-corrected chi connectivity index (χ4v) is 7.07. The van der Waals surface area contributed by atoms with E-state index in [1.165, 1.54) is 15.5 Å². The van der Waals surface area contributed by atoms with Gasteiger partial charge in [-0.2, -0.15) is 0 Å². The summed E-state index contributed by atoms with van der Waals surface area (Å²) in [6.45, 7) is -0.789. The molecule has 7 heterocycles. The highest BCUT2D eigenvalue weighted by atomic mass is 31.2. The van der Waals surface area contributed by atoms with E-state index < -0.39 is 83.2 Å². The minimum Gasteiger partial charge on any atom is -0.387 e. The minimum atomic E-state index is -5.07. The van der Waals surface area contributed by atoms with Crippen LogP contribution in [0.15, 0.2) is 30.1 Å². The van der Waals surface area contributed by atoms with Crippen molar-refractivity contribution in [1.82, 2.24) is 39.0 Å². The Morgan fingerprint density at radius 1 is 0.909 bits per heavy atom. The molecule has 44 heavy (non-hydrogen) atoms. The summed E-state index contributed by atoms with van der Waals surface area (Å²) >= 11 is 0. The number of aliphatic hydroxyl groups excluding tert-OH is 2. The van der Waals surface area contributed by atoms with Gasteiger partial charge in [0.2, 0.25) is 0 Å². The van der Waals surface area contributed by atoms with Crippen molar-refractivity contribution in [2.45, 2.75) is 49.3 Å². The third-order valence-corrected chi connectivity index (χ3v) is 9.16. The molecule has 0 radical (unpaired) electrons. The summed E-state index contributed by atoms with van der Waals surface area (Å²) in [6.07, 6.45) is -9.31. The van der Waals surface area contributed by atoms with Crippen molar-refractivity contribution in [1.29, 1.82) is 0 Å². The first-order valence-corrected chi connectivity index (χ1v) is 16.0. The average molecular weight is 659 g/mol. The first-order chi connectivity index (χ1) is 20.9. The number of fused-ring (bicyclic) bond motifs is 5. The number of aromatic nitrogens is 8. The molecule has 2 bridgehead atoms. The number of imidazole rings is 2. The number of nitrogen functional groups attached to an aromatic ring is 1. The molecule has 4 aromatic rings. The van der Waals surface area contributed by atoms with E-state index >= 15 is 0 Å². The molecule has 3 saturated heterocycles.